The maximum atomic E-state index is 13.2. The number of nitrogens with zero attached hydrogens (tertiary/aromatic N) is 16. The summed E-state index contributed by atoms with van der Waals surface area (Å²) in [6.07, 6.45) is 9.39. The number of pyridine rings is 5. The molecule has 10 aromatic rings. The summed E-state index contributed by atoms with van der Waals surface area (Å²) in [4.78, 5) is 97.1. The van der Waals surface area contributed by atoms with Crippen LogP contribution < -0.4 is 44.1 Å². The summed E-state index contributed by atoms with van der Waals surface area (Å²) in [6.45, 7) is 24.0. The fourth-order valence-corrected chi connectivity index (χ4v) is 14.7. The molecule has 15 rings (SSSR count). The van der Waals surface area contributed by atoms with Crippen LogP contribution in [0.4, 0.5) is 16.2 Å². The predicted molar refractivity (Wildman–Crippen MR) is 416 cm³/mol. The molecule has 5 saturated heterocycles. The van der Waals surface area contributed by atoms with Crippen molar-refractivity contribution < 1.29 is 47.6 Å². The van der Waals surface area contributed by atoms with E-state index < -0.39 is 5.60 Å². The second kappa shape index (κ2) is 32.9. The Hall–Kier alpha value is -10.9. The van der Waals surface area contributed by atoms with Gasteiger partial charge in [0.05, 0.1) is 108 Å². The van der Waals surface area contributed by atoms with Crippen LogP contribution in [0, 0.1) is 17.8 Å². The normalized spacial score (nSPS) is 18.9. The van der Waals surface area contributed by atoms with Gasteiger partial charge in [-0.2, -0.15) is 4.98 Å². The third-order valence-electron chi connectivity index (χ3n) is 21.2. The highest BCUT2D eigenvalue weighted by atomic mass is 35.5. The van der Waals surface area contributed by atoms with Crippen molar-refractivity contribution in [3.63, 3.8) is 0 Å². The molecule has 0 saturated carbocycles. The number of carbonyl (C=O) groups excluding carboxylic acids is 4. The van der Waals surface area contributed by atoms with Crippen LogP contribution >= 0.6 is 11.6 Å². The van der Waals surface area contributed by atoms with Gasteiger partial charge >= 0.3 is 6.09 Å². The van der Waals surface area contributed by atoms with E-state index in [1.807, 2.05) is 184 Å². The standard InChI is InChI=1S/C36H45N7O5.C22H25ClN4O3.C22H27N7O2/c1-23(25-8-11-28(46-7)12-9-25)43-21-26(18-32(43)44)24(2)47-34-33-31(38-22-40(33)6)19-30(39-34)29-13-10-27(20-37-29)41-14-16-42(17-15-41)35(45)48-36(3,4)5;1-13(15-5-7-17(29-4)8-6-15)27-11-16(9-20(27)28)14(2)30-22-21-18(10-19(23)25-22)24-12-26(21)3;1-14(15-9-20(30)25-11-15)31-22-21-19(26-13-28(21)2)10-18(27-22)17-4-3-16(12-24-17)29-7-5-23-6-8-29/h8-13,19-20,22-24,26H,14-18,21H2,1-7H3;5-8,10,12-14,16H,9,11H2,1-4H3;3-4,10,12-15,23H,5-9,11H2,1-2H3,(H,25,30)/t23-,24-,26-;13-,14-,16-;14-,15-/m111/s1. The van der Waals surface area contributed by atoms with Crippen molar-refractivity contribution in [2.24, 2.45) is 38.9 Å². The fourth-order valence-electron chi connectivity index (χ4n) is 14.5. The Labute approximate surface area is 639 Å². The van der Waals surface area contributed by atoms with Gasteiger partial charge in [0.25, 0.3) is 0 Å². The molecule has 0 aliphatic carbocycles. The van der Waals surface area contributed by atoms with Crippen molar-refractivity contribution in [1.82, 2.24) is 78.9 Å². The van der Waals surface area contributed by atoms with Gasteiger partial charge in [-0.15, -0.1) is 0 Å². The van der Waals surface area contributed by atoms with Crippen molar-refractivity contribution in [1.29, 1.82) is 0 Å². The smallest absolute Gasteiger partial charge is 0.410 e. The highest BCUT2D eigenvalue weighted by Crippen LogP contribution is 2.38. The van der Waals surface area contributed by atoms with Crippen LogP contribution in [0.15, 0.2) is 122 Å². The van der Waals surface area contributed by atoms with Crippen LogP contribution in [-0.4, -0.2) is 202 Å². The number of anilines is 2. The van der Waals surface area contributed by atoms with Gasteiger partial charge in [-0.05, 0) is 127 Å². The van der Waals surface area contributed by atoms with E-state index in [9.17, 15) is 19.2 Å². The zero-order valence-corrected chi connectivity index (χ0v) is 64.9. The summed E-state index contributed by atoms with van der Waals surface area (Å²) in [5.74, 6) is 3.51. The summed E-state index contributed by atoms with van der Waals surface area (Å²) in [5.41, 5.74) is 11.3. The topological polar surface area (TPSA) is 282 Å². The first kappa shape index (κ1) is 76.3. The highest BCUT2D eigenvalue weighted by Gasteiger charge is 2.40. The van der Waals surface area contributed by atoms with E-state index in [1.54, 1.807) is 44.2 Å². The van der Waals surface area contributed by atoms with Crippen molar-refractivity contribution in [3.05, 3.63) is 139 Å². The molecule has 0 bridgehead atoms. The van der Waals surface area contributed by atoms with Crippen LogP contribution in [0.3, 0.4) is 0 Å². The first-order chi connectivity index (χ1) is 52.3. The number of aryl methyl sites for hydroxylation is 3. The molecule has 2 aromatic carbocycles. The van der Waals surface area contributed by atoms with E-state index >= 15 is 0 Å². The number of fused-ring (bicyclic) bond motifs is 3. The largest absolute Gasteiger partial charge is 0.497 e. The number of benzene rings is 2. The van der Waals surface area contributed by atoms with Gasteiger partial charge < -0.3 is 77.3 Å². The minimum absolute atomic E-state index is 0.000117. The van der Waals surface area contributed by atoms with E-state index in [4.69, 9.17) is 55.0 Å². The number of likely N-dealkylation sites (tertiary alicyclic amines) is 2. The molecule has 8 aromatic heterocycles. The number of carbonyl (C=O) groups is 4. The lowest BCUT2D eigenvalue weighted by Gasteiger charge is -2.36. The van der Waals surface area contributed by atoms with Gasteiger partial charge in [-0.1, -0.05) is 35.9 Å². The third kappa shape index (κ3) is 17.5. The first-order valence-electron chi connectivity index (χ1n) is 37.2. The van der Waals surface area contributed by atoms with Gasteiger partial charge in [0.15, 0.2) is 0 Å². The van der Waals surface area contributed by atoms with Crippen molar-refractivity contribution in [2.45, 2.75) is 111 Å². The summed E-state index contributed by atoms with van der Waals surface area (Å²) in [5, 5.41) is 6.58. The molecule has 0 spiro atoms. The van der Waals surface area contributed by atoms with Crippen LogP contribution in [-0.2, 0) is 40.3 Å². The lowest BCUT2D eigenvalue weighted by atomic mass is 10.0. The molecule has 0 unspecified atom stereocenters. The molecular formula is C80H97ClN18O10. The monoisotopic (exact) mass is 1500 g/mol. The Bertz CT molecular complexity index is 4860. The Morgan fingerprint density at radius 3 is 1.34 bits per heavy atom. The maximum absolute atomic E-state index is 13.2. The SMILES string of the molecule is COc1ccc([C@@H](C)N2C[C@H]([C@@H](C)Oc3nc(-c4ccc(N5CCN(C(=O)OC(C)(C)C)CC5)cn4)cc4ncn(C)c34)CC2=O)cc1.COc1ccc([C@@H](C)N2C[C@H]([C@@H](C)Oc3nc(Cl)cc4ncn(C)c34)CC2=O)cc1.C[C@@H](Oc1nc(-c2ccc(N3CCNCC3)cn2)cc2ncn(C)c12)[C@H]1CNC(=O)C1. The van der Waals surface area contributed by atoms with Gasteiger partial charge in [0.2, 0.25) is 35.4 Å². The Morgan fingerprint density at radius 1 is 0.514 bits per heavy atom. The van der Waals surface area contributed by atoms with Crippen molar-refractivity contribution in [3.8, 4) is 51.9 Å². The molecule has 4 amide bonds. The van der Waals surface area contributed by atoms with Gasteiger partial charge in [-0.3, -0.25) is 24.4 Å². The molecule has 574 valence electrons. The number of hydrogen-bond donors (Lipinski definition) is 2. The van der Waals surface area contributed by atoms with E-state index in [0.29, 0.717) is 99.3 Å². The lowest BCUT2D eigenvalue weighted by molar-refractivity contribution is -0.130. The van der Waals surface area contributed by atoms with Crippen LogP contribution in [0.25, 0.3) is 55.9 Å². The van der Waals surface area contributed by atoms with Crippen molar-refractivity contribution >= 4 is 79.9 Å². The molecule has 5 aliphatic heterocycles. The minimum Gasteiger partial charge on any atom is -0.497 e. The predicted octanol–water partition coefficient (Wildman–Crippen LogP) is 10.8. The second-order valence-electron chi connectivity index (χ2n) is 29.7. The number of hydrogen-bond acceptors (Lipinski definition) is 21. The molecule has 8 atom stereocenters. The van der Waals surface area contributed by atoms with E-state index in [1.165, 1.54) is 0 Å². The summed E-state index contributed by atoms with van der Waals surface area (Å²) in [7, 11) is 9.02. The number of halogens is 1. The number of rotatable bonds is 19. The molecule has 13 heterocycles. The third-order valence-corrected chi connectivity index (χ3v) is 21.4. The quantitative estimate of drug-likeness (QED) is 0.0711. The van der Waals surface area contributed by atoms with Crippen LogP contribution in [0.5, 0.6) is 29.1 Å². The van der Waals surface area contributed by atoms with E-state index in [0.717, 1.165) is 105 Å². The molecule has 2 N–H and O–H groups in total. The van der Waals surface area contributed by atoms with E-state index in [-0.39, 0.29) is 72.0 Å². The fraction of sp³-hybridized carbons (Fsp3) is 0.450. The average Bonchev–Trinajstić information content (AvgIpc) is 1.70. The Morgan fingerprint density at radius 2 is 0.936 bits per heavy atom. The summed E-state index contributed by atoms with van der Waals surface area (Å²) < 4.78 is 40.7. The molecule has 109 heavy (non-hydrogen) atoms. The van der Waals surface area contributed by atoms with Crippen LogP contribution in [0.1, 0.15) is 97.9 Å². The van der Waals surface area contributed by atoms with Gasteiger partial charge in [0.1, 0.15) is 57.1 Å². The average molecular weight is 1510 g/mol. The zero-order chi connectivity index (χ0) is 76.9. The minimum atomic E-state index is -0.517. The van der Waals surface area contributed by atoms with Crippen LogP contribution in [0.2, 0.25) is 5.15 Å². The number of ether oxygens (including phenoxy) is 6. The number of amides is 4. The highest BCUT2D eigenvalue weighted by molar-refractivity contribution is 6.30. The number of methoxy groups -OCH3 is 2. The molecule has 5 fully saturated rings. The van der Waals surface area contributed by atoms with Gasteiger partial charge in [0, 0.05) is 136 Å². The summed E-state index contributed by atoms with van der Waals surface area (Å²) >= 11 is 6.14. The summed E-state index contributed by atoms with van der Waals surface area (Å²) in [6, 6.07) is 29.3. The molecule has 28 nitrogen and oxygen atoms in total. The number of piperazine rings is 2. The second-order valence-corrected chi connectivity index (χ2v) is 30.1. The molecule has 5 aliphatic rings. The Balaban J connectivity index is 0.000000150. The lowest BCUT2D eigenvalue weighted by Crippen LogP contribution is -2.50. The molecule has 0 radical (unpaired) electrons. The van der Waals surface area contributed by atoms with E-state index in [2.05, 4.69) is 58.3 Å². The first-order valence-corrected chi connectivity index (χ1v) is 37.6. The van der Waals surface area contributed by atoms with Crippen molar-refractivity contribution in [2.75, 3.05) is 96.0 Å². The molecular weight excluding hydrogens is 1410 g/mol. The molecule has 29 heteroatoms. The maximum Gasteiger partial charge on any atom is 0.410 e. The Kier molecular flexibility index (Phi) is 23.1. The number of imidazole rings is 3. The van der Waals surface area contributed by atoms with Gasteiger partial charge in [-0.25, -0.2) is 29.7 Å². The zero-order valence-electron chi connectivity index (χ0n) is 64.2. The number of nitrogens with one attached hydrogen (secondary N) is 2. The number of aromatic nitrogens is 11.